The van der Waals surface area contributed by atoms with Crippen molar-refractivity contribution in [3.05, 3.63) is 40.9 Å². The van der Waals surface area contributed by atoms with Crippen LogP contribution in [0.2, 0.25) is 0 Å². The van der Waals surface area contributed by atoms with Crippen LogP contribution in [-0.2, 0) is 16.0 Å². The molecule has 0 aliphatic carbocycles. The maximum atomic E-state index is 12.0. The average Bonchev–Trinajstić information content (AvgIpc) is 3.02. The van der Waals surface area contributed by atoms with Crippen molar-refractivity contribution in [2.45, 2.75) is 44.0 Å². The monoisotopic (exact) mass is 377 g/mol. The summed E-state index contributed by atoms with van der Waals surface area (Å²) >= 11 is 2.84. The fraction of sp³-hybridized carbons (Fsp3) is 0.389. The first-order valence-electron chi connectivity index (χ1n) is 8.19. The number of amides is 2. The molecule has 0 fully saturated rings. The van der Waals surface area contributed by atoms with Crippen LogP contribution in [0.4, 0.5) is 5.69 Å². The van der Waals surface area contributed by atoms with Crippen molar-refractivity contribution in [2.24, 2.45) is 0 Å². The lowest BCUT2D eigenvalue weighted by atomic mass is 10.2. The van der Waals surface area contributed by atoms with E-state index in [0.717, 1.165) is 27.7 Å². The normalized spacial score (nSPS) is 11.8. The third-order valence-corrected chi connectivity index (χ3v) is 5.62. The summed E-state index contributed by atoms with van der Waals surface area (Å²) in [5.41, 5.74) is 2.69. The molecule has 1 heterocycles. The zero-order chi connectivity index (χ0) is 18.2. The Morgan fingerprint density at radius 3 is 2.64 bits per heavy atom. The molecular weight excluding hydrogens is 354 g/mol. The van der Waals surface area contributed by atoms with Gasteiger partial charge in [-0.2, -0.15) is 0 Å². The van der Waals surface area contributed by atoms with Gasteiger partial charge in [-0.15, -0.1) is 11.3 Å². The third-order valence-electron chi connectivity index (χ3n) is 3.55. The largest absolute Gasteiger partial charge is 0.353 e. The number of carbonyl (C=O) groups is 2. The summed E-state index contributed by atoms with van der Waals surface area (Å²) in [6.45, 7) is 6.02. The van der Waals surface area contributed by atoms with E-state index in [1.807, 2.05) is 50.4 Å². The van der Waals surface area contributed by atoms with Gasteiger partial charge in [0, 0.05) is 17.1 Å². The molecule has 2 aromatic rings. The van der Waals surface area contributed by atoms with Crippen LogP contribution in [0.15, 0.2) is 34.0 Å². The molecule has 0 aliphatic heterocycles. The molecule has 2 N–H and O–H groups in total. The summed E-state index contributed by atoms with van der Waals surface area (Å²) in [6, 6.07) is 7.86. The second kappa shape index (κ2) is 9.58. The lowest BCUT2D eigenvalue weighted by Gasteiger charge is -2.10. The van der Waals surface area contributed by atoms with Crippen molar-refractivity contribution in [1.82, 2.24) is 10.3 Å². The highest BCUT2D eigenvalue weighted by molar-refractivity contribution is 8.01. The topological polar surface area (TPSA) is 71.1 Å². The van der Waals surface area contributed by atoms with Crippen molar-refractivity contribution in [1.29, 1.82) is 0 Å². The second-order valence-electron chi connectivity index (χ2n) is 5.86. The number of carbonyl (C=O) groups excluding carboxylic acids is 2. The van der Waals surface area contributed by atoms with Gasteiger partial charge in [-0.1, -0.05) is 36.4 Å². The zero-order valence-electron chi connectivity index (χ0n) is 14.7. The van der Waals surface area contributed by atoms with E-state index in [1.165, 1.54) is 23.1 Å². The summed E-state index contributed by atoms with van der Waals surface area (Å²) < 4.78 is 0.797. The standard InChI is InChI=1S/C18H23N3O2S2/c1-4-13(3)19-16(22)9-15-10-24-18(21-15)25-11-17(23)20-14-7-5-12(2)6-8-14/h5-8,10,13H,4,9,11H2,1-3H3,(H,19,22)(H,20,23). The Bertz CT molecular complexity index is 713. The average molecular weight is 378 g/mol. The molecule has 134 valence electrons. The van der Waals surface area contributed by atoms with Gasteiger partial charge in [0.1, 0.15) is 0 Å². The second-order valence-corrected chi connectivity index (χ2v) is 7.94. The van der Waals surface area contributed by atoms with Gasteiger partial charge in [0.15, 0.2) is 4.34 Å². The van der Waals surface area contributed by atoms with Gasteiger partial charge in [-0.05, 0) is 32.4 Å². The molecule has 0 radical (unpaired) electrons. The van der Waals surface area contributed by atoms with Crippen LogP contribution >= 0.6 is 23.1 Å². The van der Waals surface area contributed by atoms with Crippen molar-refractivity contribution >= 4 is 40.6 Å². The summed E-state index contributed by atoms with van der Waals surface area (Å²) in [5, 5.41) is 7.65. The molecule has 0 bridgehead atoms. The minimum absolute atomic E-state index is 0.0201. The van der Waals surface area contributed by atoms with Crippen LogP contribution < -0.4 is 10.6 Å². The van der Waals surface area contributed by atoms with Crippen molar-refractivity contribution in [3.63, 3.8) is 0 Å². The summed E-state index contributed by atoms with van der Waals surface area (Å²) in [4.78, 5) is 28.3. The molecule has 2 rings (SSSR count). The summed E-state index contributed by atoms with van der Waals surface area (Å²) in [6.07, 6.45) is 1.18. The van der Waals surface area contributed by atoms with Gasteiger partial charge in [-0.3, -0.25) is 9.59 Å². The first-order chi connectivity index (χ1) is 12.0. The maximum Gasteiger partial charge on any atom is 0.234 e. The molecule has 1 aromatic heterocycles. The van der Waals surface area contributed by atoms with Crippen molar-refractivity contribution in [2.75, 3.05) is 11.1 Å². The van der Waals surface area contributed by atoms with E-state index in [2.05, 4.69) is 15.6 Å². The number of anilines is 1. The molecule has 1 atom stereocenters. The molecule has 0 saturated heterocycles. The summed E-state index contributed by atoms with van der Waals surface area (Å²) in [7, 11) is 0. The van der Waals surface area contributed by atoms with Gasteiger partial charge < -0.3 is 10.6 Å². The molecule has 0 saturated carbocycles. The van der Waals surface area contributed by atoms with E-state index in [1.54, 1.807) is 0 Å². The van der Waals surface area contributed by atoms with Gasteiger partial charge >= 0.3 is 0 Å². The predicted octanol–water partition coefficient (Wildman–Crippen LogP) is 3.64. The predicted molar refractivity (Wildman–Crippen MR) is 104 cm³/mol. The minimum atomic E-state index is -0.0693. The highest BCUT2D eigenvalue weighted by Crippen LogP contribution is 2.23. The maximum absolute atomic E-state index is 12.0. The Morgan fingerprint density at radius 1 is 1.24 bits per heavy atom. The molecule has 1 aromatic carbocycles. The molecule has 2 amide bonds. The highest BCUT2D eigenvalue weighted by Gasteiger charge is 2.11. The minimum Gasteiger partial charge on any atom is -0.353 e. The van der Waals surface area contributed by atoms with Gasteiger partial charge in [0.2, 0.25) is 11.8 Å². The summed E-state index contributed by atoms with van der Waals surface area (Å²) in [5.74, 6) is 0.202. The zero-order valence-corrected chi connectivity index (χ0v) is 16.3. The number of rotatable bonds is 8. The number of nitrogens with one attached hydrogen (secondary N) is 2. The SMILES string of the molecule is CCC(C)NC(=O)Cc1csc(SCC(=O)Nc2ccc(C)cc2)n1. The van der Waals surface area contributed by atoms with Crippen LogP contribution in [0, 0.1) is 6.92 Å². The number of nitrogens with zero attached hydrogens (tertiary/aromatic N) is 1. The fourth-order valence-electron chi connectivity index (χ4n) is 1.99. The molecule has 0 aliphatic rings. The van der Waals surface area contributed by atoms with Crippen molar-refractivity contribution < 1.29 is 9.59 Å². The Hall–Kier alpha value is -1.86. The smallest absolute Gasteiger partial charge is 0.234 e. The number of hydrogen-bond acceptors (Lipinski definition) is 5. The lowest BCUT2D eigenvalue weighted by Crippen LogP contribution is -2.33. The van der Waals surface area contributed by atoms with Gasteiger partial charge in [-0.25, -0.2) is 4.98 Å². The first kappa shape index (κ1) is 19.5. The first-order valence-corrected chi connectivity index (χ1v) is 10.1. The molecule has 0 spiro atoms. The van der Waals surface area contributed by atoms with Crippen LogP contribution in [0.1, 0.15) is 31.5 Å². The van der Waals surface area contributed by atoms with Gasteiger partial charge in [0.25, 0.3) is 0 Å². The Kier molecular flexibility index (Phi) is 7.46. The number of aromatic nitrogens is 1. The molecule has 7 heteroatoms. The van der Waals surface area contributed by atoms with E-state index >= 15 is 0 Å². The van der Waals surface area contributed by atoms with Crippen LogP contribution in [-0.4, -0.2) is 28.6 Å². The number of thioether (sulfide) groups is 1. The number of hydrogen-bond donors (Lipinski definition) is 2. The number of thiazole rings is 1. The van der Waals surface area contributed by atoms with E-state index in [-0.39, 0.29) is 24.3 Å². The van der Waals surface area contributed by atoms with Crippen LogP contribution in [0.5, 0.6) is 0 Å². The third kappa shape index (κ3) is 6.88. The van der Waals surface area contributed by atoms with E-state index in [9.17, 15) is 9.59 Å². The Balaban J connectivity index is 1.77. The highest BCUT2D eigenvalue weighted by atomic mass is 32.2. The van der Waals surface area contributed by atoms with Crippen molar-refractivity contribution in [3.8, 4) is 0 Å². The molecule has 5 nitrogen and oxygen atoms in total. The Labute approximate surface area is 156 Å². The molecular formula is C18H23N3O2S2. The van der Waals surface area contributed by atoms with E-state index in [4.69, 9.17) is 0 Å². The fourth-order valence-corrected chi connectivity index (χ4v) is 3.63. The lowest BCUT2D eigenvalue weighted by molar-refractivity contribution is -0.121. The Morgan fingerprint density at radius 2 is 1.96 bits per heavy atom. The van der Waals surface area contributed by atoms with Crippen LogP contribution in [0.25, 0.3) is 0 Å². The van der Waals surface area contributed by atoms with Gasteiger partial charge in [0.05, 0.1) is 17.9 Å². The number of benzene rings is 1. The number of aryl methyl sites for hydroxylation is 1. The molecule has 1 unspecified atom stereocenters. The molecule has 25 heavy (non-hydrogen) atoms. The van der Waals surface area contributed by atoms with E-state index in [0.29, 0.717) is 5.75 Å². The van der Waals surface area contributed by atoms with Crippen LogP contribution in [0.3, 0.4) is 0 Å². The van der Waals surface area contributed by atoms with E-state index < -0.39 is 0 Å². The quantitative estimate of drug-likeness (QED) is 0.689.